The van der Waals surface area contributed by atoms with Crippen LogP contribution in [-0.4, -0.2) is 39.7 Å². The Balaban J connectivity index is 1.52. The Morgan fingerprint density at radius 3 is 2.67 bits per heavy atom. The van der Waals surface area contributed by atoms with Gasteiger partial charge in [0.15, 0.2) is 5.69 Å². The molecular formula is C19H23F3N4O. The van der Waals surface area contributed by atoms with Crippen molar-refractivity contribution in [3.63, 3.8) is 0 Å². The van der Waals surface area contributed by atoms with E-state index in [1.807, 2.05) is 12.1 Å². The first-order valence-corrected chi connectivity index (χ1v) is 9.05. The molecule has 0 radical (unpaired) electrons. The van der Waals surface area contributed by atoms with Crippen molar-refractivity contribution in [2.45, 2.75) is 45.1 Å². The Kier molecular flexibility index (Phi) is 5.84. The van der Waals surface area contributed by atoms with Crippen LogP contribution < -0.4 is 5.32 Å². The monoisotopic (exact) mass is 380 g/mol. The van der Waals surface area contributed by atoms with E-state index in [9.17, 15) is 18.0 Å². The lowest BCUT2D eigenvalue weighted by Gasteiger charge is -2.35. The van der Waals surface area contributed by atoms with Crippen molar-refractivity contribution >= 4 is 5.91 Å². The van der Waals surface area contributed by atoms with E-state index >= 15 is 0 Å². The maximum atomic E-state index is 12.6. The second-order valence-electron chi connectivity index (χ2n) is 6.75. The molecule has 3 rings (SSSR count). The van der Waals surface area contributed by atoms with E-state index in [0.717, 1.165) is 36.7 Å². The highest BCUT2D eigenvalue weighted by Crippen LogP contribution is 2.27. The van der Waals surface area contributed by atoms with Gasteiger partial charge in [0.1, 0.15) is 6.54 Å². The highest BCUT2D eigenvalue weighted by atomic mass is 19.4. The van der Waals surface area contributed by atoms with Crippen LogP contribution in [0.1, 0.15) is 30.2 Å². The minimum atomic E-state index is -4.50. The first kappa shape index (κ1) is 19.4. The standard InChI is InChI=1S/C19H23F3N4O/c1-2-16(25-9-7-14-5-3-4-6-15(14)12-25)11-23-18(27)13-26-10-8-17(24-26)19(20,21)22/h3-6,8,10,16H,2,7,9,11-13H2,1H3,(H,23,27). The quantitative estimate of drug-likeness (QED) is 0.839. The van der Waals surface area contributed by atoms with E-state index < -0.39 is 11.9 Å². The zero-order valence-corrected chi connectivity index (χ0v) is 15.2. The van der Waals surface area contributed by atoms with E-state index in [1.165, 1.54) is 17.3 Å². The molecule has 8 heteroatoms. The fourth-order valence-electron chi connectivity index (χ4n) is 3.40. The topological polar surface area (TPSA) is 50.2 Å². The molecule has 1 aromatic heterocycles. The van der Waals surface area contributed by atoms with Gasteiger partial charge in [-0.1, -0.05) is 31.2 Å². The van der Waals surface area contributed by atoms with Gasteiger partial charge in [-0.25, -0.2) is 0 Å². The lowest BCUT2D eigenvalue weighted by Crippen LogP contribution is -2.46. The molecule has 1 N–H and O–H groups in total. The molecule has 1 atom stereocenters. The molecule has 0 aliphatic carbocycles. The van der Waals surface area contributed by atoms with Crippen LogP contribution in [-0.2, 0) is 30.5 Å². The number of alkyl halides is 3. The summed E-state index contributed by atoms with van der Waals surface area (Å²) in [7, 11) is 0. The van der Waals surface area contributed by atoms with Crippen molar-refractivity contribution in [2.24, 2.45) is 0 Å². The van der Waals surface area contributed by atoms with Crippen molar-refractivity contribution in [3.05, 3.63) is 53.3 Å². The molecule has 1 aliphatic heterocycles. The largest absolute Gasteiger partial charge is 0.435 e. The summed E-state index contributed by atoms with van der Waals surface area (Å²) in [5.41, 5.74) is 1.69. The lowest BCUT2D eigenvalue weighted by atomic mass is 9.98. The number of carbonyl (C=O) groups is 1. The van der Waals surface area contributed by atoms with Gasteiger partial charge in [0, 0.05) is 31.9 Å². The summed E-state index contributed by atoms with van der Waals surface area (Å²) in [6.07, 6.45) is -1.47. The van der Waals surface area contributed by atoms with Crippen LogP contribution >= 0.6 is 0 Å². The summed E-state index contributed by atoms with van der Waals surface area (Å²) >= 11 is 0. The number of rotatable bonds is 6. The molecule has 1 amide bonds. The second-order valence-corrected chi connectivity index (χ2v) is 6.75. The molecule has 0 saturated heterocycles. The van der Waals surface area contributed by atoms with Crippen molar-refractivity contribution < 1.29 is 18.0 Å². The first-order valence-electron chi connectivity index (χ1n) is 9.05. The van der Waals surface area contributed by atoms with Gasteiger partial charge in [-0.15, -0.1) is 0 Å². The van der Waals surface area contributed by atoms with Crippen molar-refractivity contribution in [2.75, 3.05) is 13.1 Å². The SMILES string of the molecule is CCC(CNC(=O)Cn1ccc(C(F)(F)F)n1)N1CCc2ccccc2C1. The summed E-state index contributed by atoms with van der Waals surface area (Å²) in [5.74, 6) is -0.345. The van der Waals surface area contributed by atoms with Crippen LogP contribution in [0.15, 0.2) is 36.5 Å². The van der Waals surface area contributed by atoms with Crippen LogP contribution in [0.3, 0.4) is 0 Å². The highest BCUT2D eigenvalue weighted by molar-refractivity contribution is 5.75. The number of fused-ring (bicyclic) bond motifs is 1. The number of halogens is 3. The van der Waals surface area contributed by atoms with Crippen molar-refractivity contribution in [3.8, 4) is 0 Å². The zero-order valence-electron chi connectivity index (χ0n) is 15.2. The number of aromatic nitrogens is 2. The second kappa shape index (κ2) is 8.12. The van der Waals surface area contributed by atoms with Crippen molar-refractivity contribution in [1.29, 1.82) is 0 Å². The minimum absolute atomic E-state index is 0.186. The van der Waals surface area contributed by atoms with Gasteiger partial charge in [-0.2, -0.15) is 18.3 Å². The molecule has 0 spiro atoms. The van der Waals surface area contributed by atoms with Crippen LogP contribution in [0.5, 0.6) is 0 Å². The number of nitrogens with one attached hydrogen (secondary N) is 1. The number of benzene rings is 1. The average molecular weight is 380 g/mol. The number of carbonyl (C=O) groups excluding carboxylic acids is 1. The van der Waals surface area contributed by atoms with E-state index in [4.69, 9.17) is 0 Å². The van der Waals surface area contributed by atoms with Gasteiger partial charge in [0.2, 0.25) is 5.91 Å². The smallest absolute Gasteiger partial charge is 0.353 e. The molecule has 2 aromatic rings. The molecule has 0 saturated carbocycles. The predicted molar refractivity (Wildman–Crippen MR) is 94.9 cm³/mol. The van der Waals surface area contributed by atoms with Gasteiger partial charge in [0.25, 0.3) is 0 Å². The normalized spacial score (nSPS) is 16.0. The summed E-state index contributed by atoms with van der Waals surface area (Å²) in [6.45, 7) is 4.08. The molecular weight excluding hydrogens is 357 g/mol. The lowest BCUT2D eigenvalue weighted by molar-refractivity contribution is -0.141. The molecule has 0 bridgehead atoms. The molecule has 0 fully saturated rings. The minimum Gasteiger partial charge on any atom is -0.353 e. The Morgan fingerprint density at radius 2 is 2.00 bits per heavy atom. The maximum absolute atomic E-state index is 12.6. The molecule has 1 unspecified atom stereocenters. The third-order valence-corrected chi connectivity index (χ3v) is 4.92. The summed E-state index contributed by atoms with van der Waals surface area (Å²) in [5, 5.41) is 6.23. The molecule has 1 aromatic carbocycles. The third kappa shape index (κ3) is 4.88. The van der Waals surface area contributed by atoms with E-state index in [-0.39, 0.29) is 18.5 Å². The van der Waals surface area contributed by atoms with Gasteiger partial charge >= 0.3 is 6.18 Å². The van der Waals surface area contributed by atoms with E-state index in [0.29, 0.717) is 6.54 Å². The summed E-state index contributed by atoms with van der Waals surface area (Å²) < 4.78 is 38.7. The fourth-order valence-corrected chi connectivity index (χ4v) is 3.40. The van der Waals surface area contributed by atoms with Crippen LogP contribution in [0.25, 0.3) is 0 Å². The Bertz CT molecular complexity index is 787. The van der Waals surface area contributed by atoms with E-state index in [1.54, 1.807) is 0 Å². The highest BCUT2D eigenvalue weighted by Gasteiger charge is 2.33. The van der Waals surface area contributed by atoms with E-state index in [2.05, 4.69) is 34.4 Å². The Hall–Kier alpha value is -2.35. The van der Waals surface area contributed by atoms with Gasteiger partial charge in [-0.3, -0.25) is 14.4 Å². The van der Waals surface area contributed by atoms with Crippen LogP contribution in [0.4, 0.5) is 13.2 Å². The number of hydrogen-bond donors (Lipinski definition) is 1. The molecule has 2 heterocycles. The molecule has 27 heavy (non-hydrogen) atoms. The zero-order chi connectivity index (χ0) is 19.4. The van der Waals surface area contributed by atoms with Gasteiger partial charge in [0.05, 0.1) is 0 Å². The fraction of sp³-hybridized carbons (Fsp3) is 0.474. The van der Waals surface area contributed by atoms with Gasteiger partial charge in [-0.05, 0) is 30.0 Å². The van der Waals surface area contributed by atoms with Gasteiger partial charge < -0.3 is 5.32 Å². The summed E-state index contributed by atoms with van der Waals surface area (Å²) in [6, 6.07) is 9.41. The third-order valence-electron chi connectivity index (χ3n) is 4.92. The maximum Gasteiger partial charge on any atom is 0.435 e. The molecule has 1 aliphatic rings. The average Bonchev–Trinajstić information content (AvgIpc) is 3.11. The van der Waals surface area contributed by atoms with Crippen molar-refractivity contribution in [1.82, 2.24) is 20.0 Å². The Labute approximate surface area is 156 Å². The Morgan fingerprint density at radius 1 is 1.26 bits per heavy atom. The number of nitrogens with zero attached hydrogens (tertiary/aromatic N) is 3. The number of hydrogen-bond acceptors (Lipinski definition) is 3. The predicted octanol–water partition coefficient (Wildman–Crippen LogP) is 2.86. The molecule has 5 nitrogen and oxygen atoms in total. The molecule has 146 valence electrons. The summed E-state index contributed by atoms with van der Waals surface area (Å²) in [4.78, 5) is 14.4. The first-order chi connectivity index (χ1) is 12.9. The van der Waals surface area contributed by atoms with Crippen LogP contribution in [0, 0.1) is 0 Å². The van der Waals surface area contributed by atoms with Crippen LogP contribution in [0.2, 0.25) is 0 Å². The number of amides is 1.